The topological polar surface area (TPSA) is 24.9 Å². The number of hydrogen-bond acceptors (Lipinski definition) is 3. The van der Waals surface area contributed by atoms with Crippen molar-refractivity contribution in [1.29, 1.82) is 0 Å². The first-order valence-corrected chi connectivity index (χ1v) is 7.77. The van der Waals surface area contributed by atoms with Crippen molar-refractivity contribution in [3.63, 3.8) is 0 Å². The van der Waals surface area contributed by atoms with Gasteiger partial charge in [-0.3, -0.25) is 0 Å². The molecule has 0 atom stereocenters. The van der Waals surface area contributed by atoms with Gasteiger partial charge in [-0.2, -0.15) is 0 Å². The molecular formula is C15H15ClF2N2S. The summed E-state index contributed by atoms with van der Waals surface area (Å²) >= 11 is 6.68. The summed E-state index contributed by atoms with van der Waals surface area (Å²) in [5, 5.41) is 4.09. The van der Waals surface area contributed by atoms with Gasteiger partial charge in [0.05, 0.1) is 9.92 Å². The number of nitrogens with zero attached hydrogens (tertiary/aromatic N) is 1. The van der Waals surface area contributed by atoms with Crippen molar-refractivity contribution in [2.24, 2.45) is 0 Å². The number of benzene rings is 1. The van der Waals surface area contributed by atoms with Gasteiger partial charge in [0.2, 0.25) is 0 Å². The van der Waals surface area contributed by atoms with E-state index in [-0.39, 0.29) is 4.90 Å². The number of pyridine rings is 1. The Morgan fingerprint density at radius 2 is 1.95 bits per heavy atom. The van der Waals surface area contributed by atoms with Gasteiger partial charge in [-0.15, -0.1) is 0 Å². The second kappa shape index (κ2) is 7.73. The van der Waals surface area contributed by atoms with E-state index < -0.39 is 11.6 Å². The van der Waals surface area contributed by atoms with E-state index in [9.17, 15) is 8.78 Å². The summed E-state index contributed by atoms with van der Waals surface area (Å²) in [6.07, 6.45) is 2.42. The molecule has 112 valence electrons. The lowest BCUT2D eigenvalue weighted by molar-refractivity contribution is 0.534. The predicted molar refractivity (Wildman–Crippen MR) is 81.7 cm³/mol. The van der Waals surface area contributed by atoms with Gasteiger partial charge in [-0.05, 0) is 42.8 Å². The minimum atomic E-state index is -0.579. The minimum Gasteiger partial charge on any atom is -0.313 e. The number of rotatable bonds is 6. The van der Waals surface area contributed by atoms with E-state index in [0.717, 1.165) is 24.7 Å². The van der Waals surface area contributed by atoms with Gasteiger partial charge in [0, 0.05) is 12.7 Å². The molecule has 1 aromatic carbocycles. The van der Waals surface area contributed by atoms with Crippen molar-refractivity contribution in [2.75, 3.05) is 6.54 Å². The molecule has 2 nitrogen and oxygen atoms in total. The molecule has 0 radical (unpaired) electrons. The summed E-state index contributed by atoms with van der Waals surface area (Å²) in [4.78, 5) is 3.97. The largest absolute Gasteiger partial charge is 0.313 e. The van der Waals surface area contributed by atoms with Crippen LogP contribution in [0.1, 0.15) is 18.9 Å². The Morgan fingerprint density at radius 3 is 2.52 bits per heavy atom. The third-order valence-electron chi connectivity index (χ3n) is 2.72. The highest BCUT2D eigenvalue weighted by Gasteiger charge is 2.13. The van der Waals surface area contributed by atoms with E-state index in [1.54, 1.807) is 12.1 Å². The number of nitrogens with one attached hydrogen (secondary N) is 1. The van der Waals surface area contributed by atoms with Crippen LogP contribution in [0, 0.1) is 11.6 Å². The zero-order valence-electron chi connectivity index (χ0n) is 11.5. The van der Waals surface area contributed by atoms with Gasteiger partial charge in [-0.25, -0.2) is 13.8 Å². The molecule has 2 rings (SSSR count). The SMILES string of the molecule is CCCNCc1cc(F)c(Sc2ccc(Cl)cn2)c(F)c1. The number of halogens is 3. The Kier molecular flexibility index (Phi) is 5.96. The minimum absolute atomic E-state index is 0.0518. The summed E-state index contributed by atoms with van der Waals surface area (Å²) in [7, 11) is 0. The van der Waals surface area contributed by atoms with E-state index in [1.807, 2.05) is 6.92 Å². The molecule has 1 N–H and O–H groups in total. The molecule has 0 amide bonds. The lowest BCUT2D eigenvalue weighted by atomic mass is 10.2. The van der Waals surface area contributed by atoms with Crippen molar-refractivity contribution >= 4 is 23.4 Å². The summed E-state index contributed by atoms with van der Waals surface area (Å²) in [5.41, 5.74) is 0.590. The molecule has 1 heterocycles. The number of hydrogen-bond donors (Lipinski definition) is 1. The molecule has 0 unspecified atom stereocenters. The fourth-order valence-electron chi connectivity index (χ4n) is 1.75. The monoisotopic (exact) mass is 328 g/mol. The van der Waals surface area contributed by atoms with E-state index in [0.29, 0.717) is 22.2 Å². The van der Waals surface area contributed by atoms with Crippen molar-refractivity contribution in [2.45, 2.75) is 29.8 Å². The smallest absolute Gasteiger partial charge is 0.140 e. The molecule has 1 aromatic heterocycles. The lowest BCUT2D eigenvalue weighted by Crippen LogP contribution is -2.14. The molecule has 6 heteroatoms. The molecule has 0 aliphatic carbocycles. The van der Waals surface area contributed by atoms with Crippen LogP contribution in [0.4, 0.5) is 8.78 Å². The highest BCUT2D eigenvalue weighted by molar-refractivity contribution is 7.99. The quantitative estimate of drug-likeness (QED) is 0.780. The van der Waals surface area contributed by atoms with Crippen molar-refractivity contribution in [3.05, 3.63) is 52.7 Å². The van der Waals surface area contributed by atoms with E-state index >= 15 is 0 Å². The van der Waals surface area contributed by atoms with Crippen LogP contribution in [0.2, 0.25) is 5.02 Å². The molecule has 0 saturated carbocycles. The first kappa shape index (κ1) is 16.2. The second-order valence-corrected chi connectivity index (χ2v) is 5.95. The van der Waals surface area contributed by atoms with Crippen LogP contribution in [-0.2, 0) is 6.54 Å². The molecule has 2 aromatic rings. The van der Waals surface area contributed by atoms with Crippen molar-refractivity contribution in [3.8, 4) is 0 Å². The Labute approximate surface area is 131 Å². The predicted octanol–water partition coefficient (Wildman–Crippen LogP) is 4.66. The molecule has 0 bridgehead atoms. The average Bonchev–Trinajstić information content (AvgIpc) is 2.45. The fourth-order valence-corrected chi connectivity index (χ4v) is 2.62. The van der Waals surface area contributed by atoms with Crippen LogP contribution in [0.25, 0.3) is 0 Å². The van der Waals surface area contributed by atoms with E-state index in [4.69, 9.17) is 11.6 Å². The molecule has 0 saturated heterocycles. The summed E-state index contributed by atoms with van der Waals surface area (Å²) in [5.74, 6) is -1.16. The van der Waals surface area contributed by atoms with Crippen molar-refractivity contribution < 1.29 is 8.78 Å². The second-order valence-electron chi connectivity index (χ2n) is 4.48. The summed E-state index contributed by atoms with van der Waals surface area (Å²) in [6.45, 7) is 3.30. The van der Waals surface area contributed by atoms with Gasteiger partial charge in [0.15, 0.2) is 0 Å². The normalized spacial score (nSPS) is 10.9. The third-order valence-corrected chi connectivity index (χ3v) is 3.99. The van der Waals surface area contributed by atoms with Gasteiger partial charge < -0.3 is 5.32 Å². The van der Waals surface area contributed by atoms with Crippen LogP contribution >= 0.6 is 23.4 Å². The van der Waals surface area contributed by atoms with Crippen LogP contribution in [-0.4, -0.2) is 11.5 Å². The summed E-state index contributed by atoms with van der Waals surface area (Å²) < 4.78 is 28.1. The molecule has 0 aliphatic heterocycles. The maximum Gasteiger partial charge on any atom is 0.140 e. The van der Waals surface area contributed by atoms with Gasteiger partial charge in [0.25, 0.3) is 0 Å². The zero-order valence-corrected chi connectivity index (χ0v) is 13.1. The molecule has 0 spiro atoms. The lowest BCUT2D eigenvalue weighted by Gasteiger charge is -2.08. The summed E-state index contributed by atoms with van der Waals surface area (Å²) in [6, 6.07) is 5.96. The average molecular weight is 329 g/mol. The Balaban J connectivity index is 2.14. The maximum atomic E-state index is 14.0. The fraction of sp³-hybridized carbons (Fsp3) is 0.267. The van der Waals surface area contributed by atoms with Crippen LogP contribution < -0.4 is 5.32 Å². The highest BCUT2D eigenvalue weighted by atomic mass is 35.5. The first-order chi connectivity index (χ1) is 10.1. The zero-order chi connectivity index (χ0) is 15.2. The highest BCUT2D eigenvalue weighted by Crippen LogP contribution is 2.32. The van der Waals surface area contributed by atoms with Crippen molar-refractivity contribution in [1.82, 2.24) is 10.3 Å². The Hall–Kier alpha value is -1.17. The van der Waals surface area contributed by atoms with Gasteiger partial charge in [-0.1, -0.05) is 30.3 Å². The number of aromatic nitrogens is 1. The van der Waals surface area contributed by atoms with Gasteiger partial charge in [0.1, 0.15) is 16.7 Å². The first-order valence-electron chi connectivity index (χ1n) is 6.58. The Morgan fingerprint density at radius 1 is 1.24 bits per heavy atom. The van der Waals surface area contributed by atoms with Crippen LogP contribution in [0.5, 0.6) is 0 Å². The van der Waals surface area contributed by atoms with E-state index in [1.165, 1.54) is 18.3 Å². The van der Waals surface area contributed by atoms with Crippen LogP contribution in [0.3, 0.4) is 0 Å². The molecule has 0 aliphatic rings. The standard InChI is InChI=1S/C15H15ClF2N2S/c1-2-5-19-8-10-6-12(17)15(13(18)7-10)21-14-4-3-11(16)9-20-14/h3-4,6-7,9,19H,2,5,8H2,1H3. The maximum absolute atomic E-state index is 14.0. The molecule has 21 heavy (non-hydrogen) atoms. The Bertz CT molecular complexity index is 582. The van der Waals surface area contributed by atoms with E-state index in [2.05, 4.69) is 10.3 Å². The van der Waals surface area contributed by atoms with Gasteiger partial charge >= 0.3 is 0 Å². The third kappa shape index (κ3) is 4.66. The molecule has 0 fully saturated rings. The molecular weight excluding hydrogens is 314 g/mol. The van der Waals surface area contributed by atoms with Crippen LogP contribution in [0.15, 0.2) is 40.4 Å².